The van der Waals surface area contributed by atoms with Crippen molar-refractivity contribution >= 4 is 18.4 Å². The van der Waals surface area contributed by atoms with Gasteiger partial charge in [-0.05, 0) is 71.5 Å². The lowest BCUT2D eigenvalue weighted by Gasteiger charge is -2.31. The number of benzene rings is 3. The molecule has 0 amide bonds. The maximum absolute atomic E-state index is 13.1. The van der Waals surface area contributed by atoms with E-state index in [1.807, 2.05) is 42.5 Å². The molecule has 3 N–H and O–H groups in total. The van der Waals surface area contributed by atoms with E-state index in [1.165, 1.54) is 12.1 Å². The van der Waals surface area contributed by atoms with Gasteiger partial charge in [-0.15, -0.1) is 12.4 Å². The summed E-state index contributed by atoms with van der Waals surface area (Å²) in [6.45, 7) is 0. The van der Waals surface area contributed by atoms with Crippen molar-refractivity contribution < 1.29 is 19.0 Å². The van der Waals surface area contributed by atoms with Crippen molar-refractivity contribution in [1.29, 1.82) is 0 Å². The monoisotopic (exact) mass is 413 g/mol. The highest BCUT2D eigenvalue weighted by atomic mass is 35.5. The normalized spacial score (nSPS) is 17.7. The fourth-order valence-corrected chi connectivity index (χ4v) is 3.56. The van der Waals surface area contributed by atoms with Crippen LogP contribution in [0.15, 0.2) is 66.7 Å². The van der Waals surface area contributed by atoms with E-state index in [4.69, 9.17) is 10.5 Å². The number of hydrogen-bond donors (Lipinski definition) is 2. The topological polar surface area (TPSA) is 72.6 Å². The summed E-state index contributed by atoms with van der Waals surface area (Å²) in [5, 5.41) is 9.40. The van der Waals surface area contributed by atoms with E-state index in [0.717, 1.165) is 22.3 Å². The molecule has 1 unspecified atom stereocenters. The lowest BCUT2D eigenvalue weighted by atomic mass is 9.78. The number of aryl methyl sites for hydroxylation is 1. The van der Waals surface area contributed by atoms with Gasteiger partial charge in [0.15, 0.2) is 0 Å². The van der Waals surface area contributed by atoms with Gasteiger partial charge in [0, 0.05) is 6.42 Å². The molecule has 0 saturated carbocycles. The van der Waals surface area contributed by atoms with E-state index < -0.39 is 11.5 Å². The van der Waals surface area contributed by atoms with Gasteiger partial charge in [-0.25, -0.2) is 4.39 Å². The molecule has 1 aliphatic carbocycles. The van der Waals surface area contributed by atoms with E-state index in [1.54, 1.807) is 12.1 Å². The molecule has 0 aliphatic heterocycles. The van der Waals surface area contributed by atoms with Gasteiger partial charge in [0.25, 0.3) is 0 Å². The van der Waals surface area contributed by atoms with E-state index in [0.29, 0.717) is 24.3 Å². The lowest BCUT2D eigenvalue weighted by Crippen LogP contribution is -2.52. The molecule has 150 valence electrons. The molecule has 0 radical (unpaired) electrons. The second-order valence-electron chi connectivity index (χ2n) is 7.21. The van der Waals surface area contributed by atoms with Gasteiger partial charge < -0.3 is 15.6 Å². The fourth-order valence-electron chi connectivity index (χ4n) is 3.56. The summed E-state index contributed by atoms with van der Waals surface area (Å²) in [6, 6.07) is 19.5. The van der Waals surface area contributed by atoms with Gasteiger partial charge >= 0.3 is 5.97 Å². The summed E-state index contributed by atoms with van der Waals surface area (Å²) in [6.07, 6.45) is 1.35. The van der Waals surface area contributed by atoms with Gasteiger partial charge in [0.2, 0.25) is 0 Å². The van der Waals surface area contributed by atoms with Gasteiger partial charge in [0.05, 0.1) is 0 Å². The predicted octanol–water partition coefficient (Wildman–Crippen LogP) is 4.98. The number of hydrogen-bond acceptors (Lipinski definition) is 3. The van der Waals surface area contributed by atoms with Crippen LogP contribution in [0, 0.1) is 5.82 Å². The lowest BCUT2D eigenvalue weighted by molar-refractivity contribution is -0.143. The minimum atomic E-state index is -1.23. The molecule has 29 heavy (non-hydrogen) atoms. The summed E-state index contributed by atoms with van der Waals surface area (Å²) in [5.41, 5.74) is 8.65. The van der Waals surface area contributed by atoms with Gasteiger partial charge in [-0.1, -0.05) is 30.3 Å². The standard InChI is InChI=1S/C23H20FNO3.ClH/c24-19-7-4-15(5-8-19)17-2-1-3-20(12-17)28-21-9-6-16-10-11-23(25,22(26)27)14-18(16)13-21;/h1-9,12-13H,10-11,14,25H2,(H,26,27);1H. The number of carboxylic acids is 1. The molecule has 0 aromatic heterocycles. The second kappa shape index (κ2) is 8.23. The minimum absolute atomic E-state index is 0. The van der Waals surface area contributed by atoms with Crippen LogP contribution in [0.25, 0.3) is 11.1 Å². The zero-order chi connectivity index (χ0) is 19.7. The Bertz CT molecular complexity index is 1040. The molecular weight excluding hydrogens is 393 g/mol. The van der Waals surface area contributed by atoms with Crippen LogP contribution in [0.1, 0.15) is 17.5 Å². The first-order valence-electron chi connectivity index (χ1n) is 9.11. The SMILES string of the molecule is Cl.NC1(C(=O)O)CCc2ccc(Oc3cccc(-c4ccc(F)cc4)c3)cc2C1. The molecule has 0 spiro atoms. The van der Waals surface area contributed by atoms with E-state index in [2.05, 4.69) is 0 Å². The van der Waals surface area contributed by atoms with Crippen molar-refractivity contribution in [2.45, 2.75) is 24.8 Å². The number of carboxylic acid groups (broad SMARTS) is 1. The molecule has 0 fully saturated rings. The van der Waals surface area contributed by atoms with Crippen molar-refractivity contribution in [2.24, 2.45) is 5.73 Å². The van der Waals surface area contributed by atoms with Crippen LogP contribution in [-0.4, -0.2) is 16.6 Å². The number of halogens is 2. The first-order chi connectivity index (χ1) is 13.4. The number of rotatable bonds is 4. The molecule has 0 heterocycles. The van der Waals surface area contributed by atoms with Crippen LogP contribution in [0.3, 0.4) is 0 Å². The van der Waals surface area contributed by atoms with E-state index in [-0.39, 0.29) is 24.6 Å². The number of fused-ring (bicyclic) bond motifs is 1. The van der Waals surface area contributed by atoms with Crippen molar-refractivity contribution in [3.63, 3.8) is 0 Å². The minimum Gasteiger partial charge on any atom is -0.480 e. The summed E-state index contributed by atoms with van der Waals surface area (Å²) < 4.78 is 19.1. The molecule has 3 aromatic rings. The predicted molar refractivity (Wildman–Crippen MR) is 112 cm³/mol. The highest BCUT2D eigenvalue weighted by molar-refractivity contribution is 5.85. The zero-order valence-electron chi connectivity index (χ0n) is 15.6. The Morgan fingerprint density at radius 2 is 1.69 bits per heavy atom. The third-order valence-corrected chi connectivity index (χ3v) is 5.20. The van der Waals surface area contributed by atoms with Crippen LogP contribution in [0.4, 0.5) is 4.39 Å². The highest BCUT2D eigenvalue weighted by Crippen LogP contribution is 2.33. The molecule has 1 atom stereocenters. The molecule has 4 nitrogen and oxygen atoms in total. The van der Waals surface area contributed by atoms with Crippen molar-refractivity contribution in [1.82, 2.24) is 0 Å². The number of ether oxygens (including phenoxy) is 1. The van der Waals surface area contributed by atoms with Crippen LogP contribution in [-0.2, 0) is 17.6 Å². The maximum Gasteiger partial charge on any atom is 0.324 e. The summed E-state index contributed by atoms with van der Waals surface area (Å²) in [7, 11) is 0. The van der Waals surface area contributed by atoms with Crippen molar-refractivity contribution in [3.8, 4) is 22.6 Å². The zero-order valence-corrected chi connectivity index (χ0v) is 16.4. The van der Waals surface area contributed by atoms with Crippen molar-refractivity contribution in [3.05, 3.63) is 83.7 Å². The average molecular weight is 414 g/mol. The van der Waals surface area contributed by atoms with Crippen LogP contribution in [0.2, 0.25) is 0 Å². The molecule has 1 aliphatic rings. The van der Waals surface area contributed by atoms with E-state index >= 15 is 0 Å². The summed E-state index contributed by atoms with van der Waals surface area (Å²) >= 11 is 0. The van der Waals surface area contributed by atoms with Crippen molar-refractivity contribution in [2.75, 3.05) is 0 Å². The number of carbonyl (C=O) groups is 1. The molecular formula is C23H21ClFNO3. The van der Waals surface area contributed by atoms with Gasteiger partial charge in [-0.3, -0.25) is 4.79 Å². The quantitative estimate of drug-likeness (QED) is 0.632. The Hall–Kier alpha value is -2.89. The van der Waals surface area contributed by atoms with Crippen LogP contribution < -0.4 is 10.5 Å². The first kappa shape index (κ1) is 20.8. The largest absolute Gasteiger partial charge is 0.480 e. The van der Waals surface area contributed by atoms with Crippen LogP contribution >= 0.6 is 12.4 Å². The third-order valence-electron chi connectivity index (χ3n) is 5.20. The fraction of sp³-hybridized carbons (Fsp3) is 0.174. The Balaban J connectivity index is 0.00000240. The number of nitrogens with two attached hydrogens (primary N) is 1. The Labute approximate surface area is 174 Å². The Kier molecular flexibility index (Phi) is 5.91. The second-order valence-corrected chi connectivity index (χ2v) is 7.21. The Morgan fingerprint density at radius 1 is 0.966 bits per heavy atom. The molecule has 0 saturated heterocycles. The Morgan fingerprint density at radius 3 is 2.41 bits per heavy atom. The molecule has 4 rings (SSSR count). The number of aliphatic carboxylic acids is 1. The molecule has 3 aromatic carbocycles. The third kappa shape index (κ3) is 4.42. The van der Waals surface area contributed by atoms with Crippen LogP contribution in [0.5, 0.6) is 11.5 Å². The smallest absolute Gasteiger partial charge is 0.324 e. The maximum atomic E-state index is 13.1. The van der Waals surface area contributed by atoms with E-state index in [9.17, 15) is 14.3 Å². The van der Waals surface area contributed by atoms with Gasteiger partial charge in [-0.2, -0.15) is 0 Å². The average Bonchev–Trinajstić information content (AvgIpc) is 2.68. The summed E-state index contributed by atoms with van der Waals surface area (Å²) in [5.74, 6) is 0.0264. The highest BCUT2D eigenvalue weighted by Gasteiger charge is 2.37. The molecule has 0 bridgehead atoms. The first-order valence-corrected chi connectivity index (χ1v) is 9.11. The van der Waals surface area contributed by atoms with Gasteiger partial charge in [0.1, 0.15) is 22.9 Å². The summed E-state index contributed by atoms with van der Waals surface area (Å²) in [4.78, 5) is 11.5. The molecule has 6 heteroatoms.